The van der Waals surface area contributed by atoms with E-state index in [-0.39, 0.29) is 0 Å². The van der Waals surface area contributed by atoms with Crippen molar-refractivity contribution in [3.05, 3.63) is 41.5 Å². The van der Waals surface area contributed by atoms with Gasteiger partial charge in [-0.1, -0.05) is 36.0 Å². The van der Waals surface area contributed by atoms with Crippen molar-refractivity contribution in [2.24, 2.45) is 0 Å². The Morgan fingerprint density at radius 1 is 1.10 bits per heavy atom. The van der Waals surface area contributed by atoms with Crippen LogP contribution in [0.2, 0.25) is 0 Å². The van der Waals surface area contributed by atoms with Crippen molar-refractivity contribution in [1.82, 2.24) is 9.97 Å². The highest BCUT2D eigenvalue weighted by Gasteiger charge is 2.21. The molecule has 1 aromatic heterocycles. The maximum atomic E-state index is 4.53. The van der Waals surface area contributed by atoms with E-state index >= 15 is 0 Å². The number of nitrogens with zero attached hydrogens (tertiary/aromatic N) is 2. The highest BCUT2D eigenvalue weighted by Crippen LogP contribution is 2.25. The third-order valence-corrected chi connectivity index (χ3v) is 4.10. The first-order valence-electron chi connectivity index (χ1n) is 6.72. The summed E-state index contributed by atoms with van der Waals surface area (Å²) in [5.41, 5.74) is 2.89. The first kappa shape index (κ1) is 13.2. The second kappa shape index (κ2) is 5.71. The molecule has 0 atom stereocenters. The molecule has 0 aliphatic heterocycles. The number of hydrogen-bond donors (Lipinski definition) is 2. The molecular formula is C15H18N4S. The summed E-state index contributed by atoms with van der Waals surface area (Å²) in [5.74, 6) is 1.74. The number of benzene rings is 1. The van der Waals surface area contributed by atoms with Gasteiger partial charge in [-0.3, -0.25) is 0 Å². The lowest BCUT2D eigenvalue weighted by Gasteiger charge is -2.14. The molecule has 104 valence electrons. The molecule has 0 amide bonds. The van der Waals surface area contributed by atoms with Gasteiger partial charge in [0.1, 0.15) is 11.6 Å². The summed E-state index contributed by atoms with van der Waals surface area (Å²) in [6, 6.07) is 11.0. The van der Waals surface area contributed by atoms with E-state index < -0.39 is 0 Å². The third-order valence-electron chi connectivity index (χ3n) is 3.55. The van der Waals surface area contributed by atoms with Gasteiger partial charge in [-0.25, -0.2) is 9.97 Å². The number of fused-ring (bicyclic) bond motifs is 1. The summed E-state index contributed by atoms with van der Waals surface area (Å²) >= 11 is 1.56. The summed E-state index contributed by atoms with van der Waals surface area (Å²) in [7, 11) is 1.88. The zero-order valence-electron chi connectivity index (χ0n) is 11.7. The Hall–Kier alpha value is -1.75. The van der Waals surface area contributed by atoms with Gasteiger partial charge >= 0.3 is 0 Å². The standard InChI is InChI=1S/C15H18N4S/c1-16-13-9-14(19-15(18-13)20-2)17-12-7-10-5-3-4-6-11(10)8-12/h3-6,9,12H,7-8H2,1-2H3,(H2,16,17,18,19). The maximum Gasteiger partial charge on any atom is 0.191 e. The van der Waals surface area contributed by atoms with Crippen LogP contribution in [-0.2, 0) is 12.8 Å². The highest BCUT2D eigenvalue weighted by molar-refractivity contribution is 7.98. The summed E-state index contributed by atoms with van der Waals surface area (Å²) < 4.78 is 0. The van der Waals surface area contributed by atoms with E-state index in [9.17, 15) is 0 Å². The molecule has 2 aromatic rings. The molecule has 1 aliphatic carbocycles. The van der Waals surface area contributed by atoms with Crippen LogP contribution >= 0.6 is 11.8 Å². The molecule has 1 aromatic carbocycles. The van der Waals surface area contributed by atoms with Crippen molar-refractivity contribution in [3.8, 4) is 0 Å². The Kier molecular flexibility index (Phi) is 3.78. The van der Waals surface area contributed by atoms with Crippen LogP contribution in [-0.4, -0.2) is 29.3 Å². The molecule has 5 heteroatoms. The molecule has 0 fully saturated rings. The van der Waals surface area contributed by atoms with Gasteiger partial charge in [0.15, 0.2) is 5.16 Å². The van der Waals surface area contributed by atoms with Crippen molar-refractivity contribution >= 4 is 23.4 Å². The molecule has 0 radical (unpaired) electrons. The lowest BCUT2D eigenvalue weighted by Crippen LogP contribution is -2.20. The van der Waals surface area contributed by atoms with Gasteiger partial charge in [0.2, 0.25) is 0 Å². The van der Waals surface area contributed by atoms with E-state index in [2.05, 4.69) is 44.9 Å². The number of anilines is 2. The SMILES string of the molecule is CNc1cc(NC2Cc3ccccc3C2)nc(SC)n1. The van der Waals surface area contributed by atoms with Crippen molar-refractivity contribution < 1.29 is 0 Å². The highest BCUT2D eigenvalue weighted by atomic mass is 32.2. The number of aromatic nitrogens is 2. The van der Waals surface area contributed by atoms with E-state index in [4.69, 9.17) is 0 Å². The minimum Gasteiger partial charge on any atom is -0.373 e. The summed E-state index contributed by atoms with van der Waals surface area (Å²) in [6.07, 6.45) is 4.11. The van der Waals surface area contributed by atoms with E-state index in [1.54, 1.807) is 11.8 Å². The van der Waals surface area contributed by atoms with Crippen LogP contribution in [0.3, 0.4) is 0 Å². The van der Waals surface area contributed by atoms with Gasteiger partial charge in [0.25, 0.3) is 0 Å². The third kappa shape index (κ3) is 2.72. The minimum absolute atomic E-state index is 0.418. The van der Waals surface area contributed by atoms with Crippen molar-refractivity contribution in [1.29, 1.82) is 0 Å². The molecule has 0 unspecified atom stereocenters. The smallest absolute Gasteiger partial charge is 0.191 e. The Morgan fingerprint density at radius 2 is 1.75 bits per heavy atom. The fourth-order valence-electron chi connectivity index (χ4n) is 2.59. The Balaban J connectivity index is 1.76. The molecule has 0 saturated heterocycles. The molecular weight excluding hydrogens is 268 g/mol. The van der Waals surface area contributed by atoms with Crippen LogP contribution in [0.4, 0.5) is 11.6 Å². The molecule has 2 N–H and O–H groups in total. The molecule has 0 saturated carbocycles. The largest absolute Gasteiger partial charge is 0.373 e. The van der Waals surface area contributed by atoms with Gasteiger partial charge in [-0.15, -0.1) is 0 Å². The lowest BCUT2D eigenvalue weighted by atomic mass is 10.1. The van der Waals surface area contributed by atoms with E-state index in [0.717, 1.165) is 29.6 Å². The zero-order valence-corrected chi connectivity index (χ0v) is 12.5. The number of thioether (sulfide) groups is 1. The fourth-order valence-corrected chi connectivity index (χ4v) is 2.97. The van der Waals surface area contributed by atoms with Gasteiger partial charge in [0.05, 0.1) is 0 Å². The number of rotatable bonds is 4. The van der Waals surface area contributed by atoms with Gasteiger partial charge in [0, 0.05) is 19.2 Å². The predicted molar refractivity (Wildman–Crippen MR) is 84.6 cm³/mol. The van der Waals surface area contributed by atoms with Crippen molar-refractivity contribution in [2.45, 2.75) is 24.0 Å². The van der Waals surface area contributed by atoms with Crippen molar-refractivity contribution in [3.63, 3.8) is 0 Å². The zero-order chi connectivity index (χ0) is 13.9. The Bertz CT molecular complexity index is 567. The average Bonchev–Trinajstić information content (AvgIpc) is 2.88. The molecule has 20 heavy (non-hydrogen) atoms. The maximum absolute atomic E-state index is 4.53. The normalized spacial score (nSPS) is 14.1. The summed E-state index contributed by atoms with van der Waals surface area (Å²) in [5, 5.41) is 7.40. The Morgan fingerprint density at radius 3 is 2.35 bits per heavy atom. The minimum atomic E-state index is 0.418. The first-order valence-corrected chi connectivity index (χ1v) is 7.95. The van der Waals surface area contributed by atoms with Gasteiger partial charge in [-0.2, -0.15) is 0 Å². The summed E-state index contributed by atoms with van der Waals surface area (Å²) in [6.45, 7) is 0. The van der Waals surface area contributed by atoms with Gasteiger partial charge < -0.3 is 10.6 Å². The number of hydrogen-bond acceptors (Lipinski definition) is 5. The van der Waals surface area contributed by atoms with Crippen LogP contribution in [0.5, 0.6) is 0 Å². The monoisotopic (exact) mass is 286 g/mol. The average molecular weight is 286 g/mol. The second-order valence-corrected chi connectivity index (χ2v) is 5.67. The van der Waals surface area contributed by atoms with E-state index in [1.807, 2.05) is 19.4 Å². The molecule has 3 rings (SSSR count). The van der Waals surface area contributed by atoms with Crippen LogP contribution in [0.25, 0.3) is 0 Å². The Labute approximate surface area is 123 Å². The van der Waals surface area contributed by atoms with E-state index in [1.165, 1.54) is 11.1 Å². The van der Waals surface area contributed by atoms with Gasteiger partial charge in [-0.05, 0) is 30.2 Å². The first-order chi connectivity index (χ1) is 9.78. The quantitative estimate of drug-likeness (QED) is 0.668. The van der Waals surface area contributed by atoms with Crippen LogP contribution in [0.15, 0.2) is 35.5 Å². The van der Waals surface area contributed by atoms with Crippen molar-refractivity contribution in [2.75, 3.05) is 23.9 Å². The molecule has 1 heterocycles. The summed E-state index contributed by atoms with van der Waals surface area (Å²) in [4.78, 5) is 8.91. The molecule has 4 nitrogen and oxygen atoms in total. The van der Waals surface area contributed by atoms with Crippen LogP contribution < -0.4 is 10.6 Å². The molecule has 0 spiro atoms. The molecule has 0 bridgehead atoms. The topological polar surface area (TPSA) is 49.8 Å². The number of nitrogens with one attached hydrogen (secondary N) is 2. The molecule has 1 aliphatic rings. The fraction of sp³-hybridized carbons (Fsp3) is 0.333. The lowest BCUT2D eigenvalue weighted by molar-refractivity contribution is 0.763. The van der Waals surface area contributed by atoms with Crippen LogP contribution in [0.1, 0.15) is 11.1 Å². The second-order valence-electron chi connectivity index (χ2n) is 4.89. The predicted octanol–water partition coefficient (Wildman–Crippen LogP) is 2.82. The van der Waals surface area contributed by atoms with E-state index in [0.29, 0.717) is 6.04 Å². The van der Waals surface area contributed by atoms with Crippen LogP contribution in [0, 0.1) is 0 Å².